The second-order valence-corrected chi connectivity index (χ2v) is 4.04. The number of amides is 1. The molecular weight excluding hydrogens is 250 g/mol. The van der Waals surface area contributed by atoms with Gasteiger partial charge in [-0.3, -0.25) is 4.79 Å². The van der Waals surface area contributed by atoms with Gasteiger partial charge in [0.25, 0.3) is 0 Å². The highest BCUT2D eigenvalue weighted by molar-refractivity contribution is 7.80. The zero-order chi connectivity index (χ0) is 13.4. The summed E-state index contributed by atoms with van der Waals surface area (Å²) in [6, 6.07) is 7.30. The number of thiocarbonyl (C=S) groups is 1. The molecule has 1 amide bonds. The van der Waals surface area contributed by atoms with Gasteiger partial charge < -0.3 is 20.7 Å². The van der Waals surface area contributed by atoms with E-state index in [4.69, 9.17) is 17.0 Å². The largest absolute Gasteiger partial charge is 0.383 e. The lowest BCUT2D eigenvalue weighted by molar-refractivity contribution is -0.114. The average molecular weight is 267 g/mol. The maximum absolute atomic E-state index is 10.9. The number of rotatable bonds is 5. The molecule has 1 aromatic rings. The predicted molar refractivity (Wildman–Crippen MR) is 76.8 cm³/mol. The van der Waals surface area contributed by atoms with E-state index in [0.29, 0.717) is 18.3 Å². The standard InChI is InChI=1S/C12H17N3O2S/c1-9(16)14-10-3-5-11(6-4-10)15-12(18)13-7-8-17-2/h3-6H,7-8H2,1-2H3,(H,14,16)(H2,13,15,18). The monoisotopic (exact) mass is 267 g/mol. The molecule has 0 saturated carbocycles. The summed E-state index contributed by atoms with van der Waals surface area (Å²) >= 11 is 5.10. The molecule has 0 fully saturated rings. The molecule has 0 unspecified atom stereocenters. The van der Waals surface area contributed by atoms with Crippen molar-refractivity contribution in [2.45, 2.75) is 6.92 Å². The molecule has 18 heavy (non-hydrogen) atoms. The Morgan fingerprint density at radius 1 is 1.22 bits per heavy atom. The Labute approximate surface area is 112 Å². The number of hydrogen-bond acceptors (Lipinski definition) is 3. The van der Waals surface area contributed by atoms with Crippen LogP contribution in [0.2, 0.25) is 0 Å². The second kappa shape index (κ2) is 7.62. The Morgan fingerprint density at radius 3 is 2.28 bits per heavy atom. The first-order valence-electron chi connectivity index (χ1n) is 5.53. The smallest absolute Gasteiger partial charge is 0.221 e. The van der Waals surface area contributed by atoms with Gasteiger partial charge in [0, 0.05) is 32.0 Å². The summed E-state index contributed by atoms with van der Waals surface area (Å²) in [6.45, 7) is 2.73. The topological polar surface area (TPSA) is 62.4 Å². The molecule has 6 heteroatoms. The zero-order valence-electron chi connectivity index (χ0n) is 10.4. The second-order valence-electron chi connectivity index (χ2n) is 3.63. The lowest BCUT2D eigenvalue weighted by atomic mass is 10.3. The Bertz CT molecular complexity index is 406. The number of benzene rings is 1. The molecule has 1 aromatic carbocycles. The maximum atomic E-state index is 10.9. The zero-order valence-corrected chi connectivity index (χ0v) is 11.3. The number of carbonyl (C=O) groups excluding carboxylic acids is 1. The molecule has 0 atom stereocenters. The van der Waals surface area contributed by atoms with Crippen molar-refractivity contribution in [2.75, 3.05) is 30.9 Å². The van der Waals surface area contributed by atoms with Crippen molar-refractivity contribution >= 4 is 34.6 Å². The molecule has 1 rings (SSSR count). The van der Waals surface area contributed by atoms with Crippen LogP contribution in [-0.2, 0) is 9.53 Å². The number of anilines is 2. The van der Waals surface area contributed by atoms with E-state index >= 15 is 0 Å². The van der Waals surface area contributed by atoms with E-state index in [1.807, 2.05) is 24.3 Å². The Balaban J connectivity index is 2.43. The van der Waals surface area contributed by atoms with Gasteiger partial charge in [0.15, 0.2) is 5.11 Å². The van der Waals surface area contributed by atoms with Crippen LogP contribution in [0, 0.1) is 0 Å². The fourth-order valence-corrected chi connectivity index (χ4v) is 1.50. The highest BCUT2D eigenvalue weighted by Gasteiger charge is 1.98. The van der Waals surface area contributed by atoms with Crippen LogP contribution in [0.5, 0.6) is 0 Å². The van der Waals surface area contributed by atoms with Gasteiger partial charge in [0.1, 0.15) is 0 Å². The summed E-state index contributed by atoms with van der Waals surface area (Å²) in [5.41, 5.74) is 1.62. The summed E-state index contributed by atoms with van der Waals surface area (Å²) in [6.07, 6.45) is 0. The Morgan fingerprint density at radius 2 is 1.78 bits per heavy atom. The summed E-state index contributed by atoms with van der Waals surface area (Å²) < 4.78 is 4.91. The summed E-state index contributed by atoms with van der Waals surface area (Å²) in [5, 5.41) is 9.27. The molecule has 0 saturated heterocycles. The molecule has 0 heterocycles. The average Bonchev–Trinajstić information content (AvgIpc) is 2.31. The van der Waals surface area contributed by atoms with Gasteiger partial charge >= 0.3 is 0 Å². The van der Waals surface area contributed by atoms with Crippen molar-refractivity contribution in [3.8, 4) is 0 Å². The number of hydrogen-bond donors (Lipinski definition) is 3. The third-order valence-corrected chi connectivity index (χ3v) is 2.30. The van der Waals surface area contributed by atoms with Crippen molar-refractivity contribution in [1.82, 2.24) is 5.32 Å². The van der Waals surface area contributed by atoms with E-state index in [2.05, 4.69) is 16.0 Å². The van der Waals surface area contributed by atoms with Crippen LogP contribution in [0.25, 0.3) is 0 Å². The highest BCUT2D eigenvalue weighted by atomic mass is 32.1. The summed E-state index contributed by atoms with van der Waals surface area (Å²) in [4.78, 5) is 10.9. The van der Waals surface area contributed by atoms with Crippen LogP contribution in [0.3, 0.4) is 0 Å². The van der Waals surface area contributed by atoms with Gasteiger partial charge in [0.05, 0.1) is 6.61 Å². The maximum Gasteiger partial charge on any atom is 0.221 e. The number of carbonyl (C=O) groups is 1. The van der Waals surface area contributed by atoms with E-state index < -0.39 is 0 Å². The van der Waals surface area contributed by atoms with E-state index in [-0.39, 0.29) is 5.91 Å². The number of nitrogens with one attached hydrogen (secondary N) is 3. The summed E-state index contributed by atoms with van der Waals surface area (Å²) in [5.74, 6) is -0.0903. The van der Waals surface area contributed by atoms with Gasteiger partial charge in [-0.25, -0.2) is 0 Å². The van der Waals surface area contributed by atoms with E-state index in [0.717, 1.165) is 11.4 Å². The van der Waals surface area contributed by atoms with Crippen LogP contribution in [0.1, 0.15) is 6.92 Å². The lowest BCUT2D eigenvalue weighted by Crippen LogP contribution is -2.31. The lowest BCUT2D eigenvalue weighted by Gasteiger charge is -2.10. The summed E-state index contributed by atoms with van der Waals surface area (Å²) in [7, 11) is 1.64. The van der Waals surface area contributed by atoms with Crippen molar-refractivity contribution in [2.24, 2.45) is 0 Å². The van der Waals surface area contributed by atoms with E-state index in [1.54, 1.807) is 7.11 Å². The van der Waals surface area contributed by atoms with E-state index in [1.165, 1.54) is 6.92 Å². The molecule has 0 aliphatic rings. The molecule has 0 radical (unpaired) electrons. The van der Waals surface area contributed by atoms with Gasteiger partial charge in [-0.2, -0.15) is 0 Å². The molecule has 0 aliphatic heterocycles. The van der Waals surface area contributed by atoms with Gasteiger partial charge in [0.2, 0.25) is 5.91 Å². The van der Waals surface area contributed by atoms with Crippen LogP contribution < -0.4 is 16.0 Å². The first-order chi connectivity index (χ1) is 8.61. The van der Waals surface area contributed by atoms with Crippen molar-refractivity contribution < 1.29 is 9.53 Å². The number of ether oxygens (including phenoxy) is 1. The fraction of sp³-hybridized carbons (Fsp3) is 0.333. The molecule has 0 aliphatic carbocycles. The predicted octanol–water partition coefficient (Wildman–Crippen LogP) is 1.58. The molecule has 3 N–H and O–H groups in total. The van der Waals surface area contributed by atoms with Crippen LogP contribution >= 0.6 is 12.2 Å². The molecular formula is C12H17N3O2S. The van der Waals surface area contributed by atoms with Crippen molar-refractivity contribution in [1.29, 1.82) is 0 Å². The minimum Gasteiger partial charge on any atom is -0.383 e. The quantitative estimate of drug-likeness (QED) is 0.558. The van der Waals surface area contributed by atoms with Crippen LogP contribution in [0.15, 0.2) is 24.3 Å². The molecule has 0 bridgehead atoms. The Hall–Kier alpha value is -1.66. The van der Waals surface area contributed by atoms with Crippen LogP contribution in [0.4, 0.5) is 11.4 Å². The minimum atomic E-state index is -0.0903. The molecule has 0 aromatic heterocycles. The highest BCUT2D eigenvalue weighted by Crippen LogP contribution is 2.13. The third kappa shape index (κ3) is 5.60. The van der Waals surface area contributed by atoms with Gasteiger partial charge in [-0.1, -0.05) is 0 Å². The van der Waals surface area contributed by atoms with Crippen molar-refractivity contribution in [3.05, 3.63) is 24.3 Å². The SMILES string of the molecule is COCCNC(=S)Nc1ccc(NC(C)=O)cc1. The van der Waals surface area contributed by atoms with E-state index in [9.17, 15) is 4.79 Å². The van der Waals surface area contributed by atoms with Crippen molar-refractivity contribution in [3.63, 3.8) is 0 Å². The molecule has 5 nitrogen and oxygen atoms in total. The minimum absolute atomic E-state index is 0.0903. The van der Waals surface area contributed by atoms with Gasteiger partial charge in [-0.05, 0) is 36.5 Å². The molecule has 98 valence electrons. The third-order valence-electron chi connectivity index (χ3n) is 2.05. The first-order valence-corrected chi connectivity index (χ1v) is 5.94. The van der Waals surface area contributed by atoms with Gasteiger partial charge in [-0.15, -0.1) is 0 Å². The van der Waals surface area contributed by atoms with Crippen LogP contribution in [-0.4, -0.2) is 31.3 Å². The molecule has 0 spiro atoms. The fourth-order valence-electron chi connectivity index (χ4n) is 1.28. The first kappa shape index (κ1) is 14.4. The Kier molecular flexibility index (Phi) is 6.10. The normalized spacial score (nSPS) is 9.67. The number of methoxy groups -OCH3 is 1.